The summed E-state index contributed by atoms with van der Waals surface area (Å²) in [6.45, 7) is 2.90. The van der Waals surface area contributed by atoms with Gasteiger partial charge < -0.3 is 0 Å². The van der Waals surface area contributed by atoms with E-state index in [1.165, 1.54) is 0 Å². The molecule has 4 heteroatoms. The third-order valence-corrected chi connectivity index (χ3v) is 2.51. The van der Waals surface area contributed by atoms with Crippen molar-refractivity contribution in [3.63, 3.8) is 0 Å². The van der Waals surface area contributed by atoms with Crippen molar-refractivity contribution >= 4 is 11.0 Å². The molecule has 0 saturated carbocycles. The van der Waals surface area contributed by atoms with Gasteiger partial charge >= 0.3 is 0 Å². The van der Waals surface area contributed by atoms with Crippen LogP contribution in [0.25, 0.3) is 11.0 Å². The fraction of sp³-hybridized carbons (Fsp3) is 0.455. The maximum absolute atomic E-state index is 11.8. The SMILES string of the molecule is CCCCCn1[nH]c2ncccc2c1=O. The van der Waals surface area contributed by atoms with Crippen LogP contribution in [0.4, 0.5) is 0 Å². The third kappa shape index (κ3) is 1.93. The van der Waals surface area contributed by atoms with Gasteiger partial charge in [-0.3, -0.25) is 14.6 Å². The summed E-state index contributed by atoms with van der Waals surface area (Å²) in [5.74, 6) is 0. The highest BCUT2D eigenvalue weighted by molar-refractivity contribution is 5.73. The Morgan fingerprint density at radius 3 is 3.07 bits per heavy atom. The monoisotopic (exact) mass is 205 g/mol. The lowest BCUT2D eigenvalue weighted by molar-refractivity contribution is 0.544. The second-order valence-electron chi connectivity index (χ2n) is 3.68. The number of nitrogens with zero attached hydrogens (tertiary/aromatic N) is 2. The van der Waals surface area contributed by atoms with Gasteiger partial charge in [-0.2, -0.15) is 0 Å². The second kappa shape index (κ2) is 4.29. The minimum Gasteiger partial charge on any atom is -0.278 e. The van der Waals surface area contributed by atoms with Crippen LogP contribution in [0.1, 0.15) is 26.2 Å². The van der Waals surface area contributed by atoms with E-state index in [2.05, 4.69) is 17.0 Å². The highest BCUT2D eigenvalue weighted by Gasteiger charge is 2.05. The number of aryl methyl sites for hydroxylation is 1. The van der Waals surface area contributed by atoms with Crippen molar-refractivity contribution in [2.24, 2.45) is 0 Å². The van der Waals surface area contributed by atoms with Gasteiger partial charge in [-0.15, -0.1) is 0 Å². The van der Waals surface area contributed by atoms with Gasteiger partial charge in [0, 0.05) is 12.7 Å². The smallest absolute Gasteiger partial charge is 0.276 e. The molecule has 0 saturated heterocycles. The third-order valence-electron chi connectivity index (χ3n) is 2.51. The molecule has 4 nitrogen and oxygen atoms in total. The Balaban J connectivity index is 2.28. The highest BCUT2D eigenvalue weighted by Crippen LogP contribution is 2.03. The van der Waals surface area contributed by atoms with Crippen LogP contribution in [-0.4, -0.2) is 14.8 Å². The molecule has 0 aliphatic carbocycles. The minimum absolute atomic E-state index is 0.0363. The molecular weight excluding hydrogens is 190 g/mol. The standard InChI is InChI=1S/C11H15N3O/c1-2-3-4-8-14-11(15)9-6-5-7-12-10(9)13-14/h5-7H,2-4,8H2,1H3,(H,12,13). The van der Waals surface area contributed by atoms with Crippen molar-refractivity contribution in [2.75, 3.05) is 0 Å². The predicted molar refractivity (Wildman–Crippen MR) is 59.9 cm³/mol. The maximum Gasteiger partial charge on any atom is 0.276 e. The van der Waals surface area contributed by atoms with E-state index in [0.717, 1.165) is 25.8 Å². The normalized spacial score (nSPS) is 11.0. The topological polar surface area (TPSA) is 50.7 Å². The van der Waals surface area contributed by atoms with Crippen molar-refractivity contribution in [1.29, 1.82) is 0 Å². The largest absolute Gasteiger partial charge is 0.278 e. The van der Waals surface area contributed by atoms with Gasteiger partial charge in [0.2, 0.25) is 0 Å². The molecule has 0 atom stereocenters. The Morgan fingerprint density at radius 1 is 1.47 bits per heavy atom. The van der Waals surface area contributed by atoms with Crippen molar-refractivity contribution in [3.8, 4) is 0 Å². The fourth-order valence-corrected chi connectivity index (χ4v) is 1.67. The molecule has 0 spiro atoms. The van der Waals surface area contributed by atoms with Crippen LogP contribution in [0, 0.1) is 0 Å². The lowest BCUT2D eigenvalue weighted by Crippen LogP contribution is -2.16. The van der Waals surface area contributed by atoms with Crippen LogP contribution >= 0.6 is 0 Å². The molecular formula is C11H15N3O. The van der Waals surface area contributed by atoms with Gasteiger partial charge in [-0.1, -0.05) is 19.8 Å². The Morgan fingerprint density at radius 2 is 2.33 bits per heavy atom. The molecule has 1 N–H and O–H groups in total. The summed E-state index contributed by atoms with van der Waals surface area (Å²) in [4.78, 5) is 15.9. The molecule has 0 aliphatic heterocycles. The van der Waals surface area contributed by atoms with Gasteiger partial charge in [0.1, 0.15) is 0 Å². The molecule has 0 radical (unpaired) electrons. The van der Waals surface area contributed by atoms with Crippen molar-refractivity contribution < 1.29 is 0 Å². The highest BCUT2D eigenvalue weighted by atomic mass is 16.1. The summed E-state index contributed by atoms with van der Waals surface area (Å²) in [7, 11) is 0. The van der Waals surface area contributed by atoms with Gasteiger partial charge in [-0.05, 0) is 18.6 Å². The van der Waals surface area contributed by atoms with E-state index in [1.807, 2.05) is 0 Å². The van der Waals surface area contributed by atoms with Gasteiger partial charge in [0.05, 0.1) is 5.39 Å². The first-order valence-electron chi connectivity index (χ1n) is 5.36. The number of hydrogen-bond donors (Lipinski definition) is 1. The summed E-state index contributed by atoms with van der Waals surface area (Å²) < 4.78 is 1.65. The van der Waals surface area contributed by atoms with E-state index in [-0.39, 0.29) is 5.56 Å². The first kappa shape index (κ1) is 9.96. The summed E-state index contributed by atoms with van der Waals surface area (Å²) in [5.41, 5.74) is 0.716. The number of hydrogen-bond acceptors (Lipinski definition) is 2. The molecule has 2 rings (SSSR count). The van der Waals surface area contributed by atoms with Crippen LogP contribution in [0.5, 0.6) is 0 Å². The number of unbranched alkanes of at least 4 members (excludes halogenated alkanes) is 2. The van der Waals surface area contributed by atoms with Crippen LogP contribution < -0.4 is 5.56 Å². The first-order valence-corrected chi connectivity index (χ1v) is 5.36. The molecule has 2 aromatic rings. The number of rotatable bonds is 4. The number of nitrogens with one attached hydrogen (secondary N) is 1. The van der Waals surface area contributed by atoms with Crippen LogP contribution in [0.15, 0.2) is 23.1 Å². The molecule has 2 aromatic heterocycles. The Bertz CT molecular complexity index is 498. The summed E-state index contributed by atoms with van der Waals surface area (Å²) >= 11 is 0. The lowest BCUT2D eigenvalue weighted by atomic mass is 10.2. The number of aromatic nitrogens is 3. The molecule has 0 unspecified atom stereocenters. The Hall–Kier alpha value is -1.58. The number of pyridine rings is 1. The molecule has 0 aliphatic rings. The molecule has 0 bridgehead atoms. The first-order chi connectivity index (χ1) is 7.33. The van der Waals surface area contributed by atoms with Gasteiger partial charge in [0.15, 0.2) is 5.65 Å². The zero-order valence-electron chi connectivity index (χ0n) is 8.86. The van der Waals surface area contributed by atoms with E-state index in [0.29, 0.717) is 11.0 Å². The van der Waals surface area contributed by atoms with Crippen LogP contribution in [0.2, 0.25) is 0 Å². The Kier molecular flexibility index (Phi) is 2.85. The van der Waals surface area contributed by atoms with Crippen molar-refractivity contribution in [3.05, 3.63) is 28.7 Å². The number of H-pyrrole nitrogens is 1. The number of fused-ring (bicyclic) bond motifs is 1. The zero-order valence-corrected chi connectivity index (χ0v) is 8.86. The average molecular weight is 205 g/mol. The molecule has 0 amide bonds. The lowest BCUT2D eigenvalue weighted by Gasteiger charge is -1.98. The fourth-order valence-electron chi connectivity index (χ4n) is 1.67. The second-order valence-corrected chi connectivity index (χ2v) is 3.68. The minimum atomic E-state index is 0.0363. The van der Waals surface area contributed by atoms with Gasteiger partial charge in [-0.25, -0.2) is 4.98 Å². The zero-order chi connectivity index (χ0) is 10.7. The van der Waals surface area contributed by atoms with Crippen molar-refractivity contribution in [1.82, 2.24) is 14.8 Å². The van der Waals surface area contributed by atoms with Gasteiger partial charge in [0.25, 0.3) is 5.56 Å². The summed E-state index contributed by atoms with van der Waals surface area (Å²) in [6.07, 6.45) is 5.03. The predicted octanol–water partition coefficient (Wildman–Crippen LogP) is 1.91. The van der Waals surface area contributed by atoms with E-state index in [9.17, 15) is 4.79 Å². The molecule has 0 fully saturated rings. The maximum atomic E-state index is 11.8. The molecule has 15 heavy (non-hydrogen) atoms. The average Bonchev–Trinajstić information content (AvgIpc) is 2.57. The van der Waals surface area contributed by atoms with Crippen molar-refractivity contribution in [2.45, 2.75) is 32.7 Å². The van der Waals surface area contributed by atoms with E-state index in [4.69, 9.17) is 0 Å². The van der Waals surface area contributed by atoms with E-state index >= 15 is 0 Å². The molecule has 80 valence electrons. The Labute approximate surface area is 87.9 Å². The van der Waals surface area contributed by atoms with E-state index < -0.39 is 0 Å². The van der Waals surface area contributed by atoms with E-state index in [1.54, 1.807) is 23.0 Å². The summed E-state index contributed by atoms with van der Waals surface area (Å²) in [5, 5.41) is 3.69. The number of aromatic amines is 1. The quantitative estimate of drug-likeness (QED) is 0.775. The molecule has 2 heterocycles. The summed E-state index contributed by atoms with van der Waals surface area (Å²) in [6, 6.07) is 3.59. The van der Waals surface area contributed by atoms with Crippen LogP contribution in [-0.2, 0) is 6.54 Å². The molecule has 0 aromatic carbocycles. The van der Waals surface area contributed by atoms with Crippen LogP contribution in [0.3, 0.4) is 0 Å².